The second-order valence-electron chi connectivity index (χ2n) is 5.07. The number of benzene rings is 1. The number of aromatic nitrogens is 1. The van der Waals surface area contributed by atoms with Crippen molar-refractivity contribution < 1.29 is 9.53 Å². The SMILES string of the molecule is COC(=O)N1CCCC(c2cc3ccccc3[nH]2)C1. The number of H-pyrrole nitrogens is 1. The smallest absolute Gasteiger partial charge is 0.409 e. The van der Waals surface area contributed by atoms with Crippen LogP contribution in [0.25, 0.3) is 10.9 Å². The van der Waals surface area contributed by atoms with E-state index in [0.717, 1.165) is 31.4 Å². The summed E-state index contributed by atoms with van der Waals surface area (Å²) in [5, 5.41) is 1.23. The first kappa shape index (κ1) is 12.1. The minimum Gasteiger partial charge on any atom is -0.453 e. The Bertz CT molecular complexity index is 558. The highest BCUT2D eigenvalue weighted by Gasteiger charge is 2.26. The summed E-state index contributed by atoms with van der Waals surface area (Å²) >= 11 is 0. The van der Waals surface area contributed by atoms with Crippen molar-refractivity contribution in [3.63, 3.8) is 0 Å². The molecule has 1 fully saturated rings. The number of rotatable bonds is 1. The number of piperidine rings is 1. The van der Waals surface area contributed by atoms with Crippen molar-refractivity contribution in [3.05, 3.63) is 36.0 Å². The number of hydrogen-bond acceptors (Lipinski definition) is 2. The number of fused-ring (bicyclic) bond motifs is 1. The lowest BCUT2D eigenvalue weighted by Crippen LogP contribution is -2.39. The summed E-state index contributed by atoms with van der Waals surface area (Å²) in [6.45, 7) is 1.53. The molecule has 2 aromatic rings. The summed E-state index contributed by atoms with van der Waals surface area (Å²) in [6, 6.07) is 10.5. The molecular weight excluding hydrogens is 240 g/mol. The number of nitrogens with one attached hydrogen (secondary N) is 1. The summed E-state index contributed by atoms with van der Waals surface area (Å²) in [5.74, 6) is 0.375. The molecule has 1 N–H and O–H groups in total. The van der Waals surface area contributed by atoms with E-state index < -0.39 is 0 Å². The molecule has 1 amide bonds. The van der Waals surface area contributed by atoms with Crippen LogP contribution in [0.3, 0.4) is 0 Å². The lowest BCUT2D eigenvalue weighted by atomic mass is 9.95. The molecule has 1 saturated heterocycles. The van der Waals surface area contributed by atoms with Crippen LogP contribution in [0.15, 0.2) is 30.3 Å². The van der Waals surface area contributed by atoms with Crippen LogP contribution in [0.1, 0.15) is 24.5 Å². The predicted molar refractivity (Wildman–Crippen MR) is 74.3 cm³/mol. The average molecular weight is 258 g/mol. The van der Waals surface area contributed by atoms with Crippen LogP contribution < -0.4 is 0 Å². The zero-order chi connectivity index (χ0) is 13.2. The molecule has 4 nitrogen and oxygen atoms in total. The first-order valence-electron chi connectivity index (χ1n) is 6.68. The van der Waals surface area contributed by atoms with Crippen molar-refractivity contribution in [2.45, 2.75) is 18.8 Å². The van der Waals surface area contributed by atoms with Crippen molar-refractivity contribution >= 4 is 17.0 Å². The molecule has 0 aliphatic carbocycles. The zero-order valence-electron chi connectivity index (χ0n) is 11.1. The predicted octanol–water partition coefficient (Wildman–Crippen LogP) is 3.11. The van der Waals surface area contributed by atoms with E-state index in [1.807, 2.05) is 12.1 Å². The van der Waals surface area contributed by atoms with Crippen molar-refractivity contribution in [2.24, 2.45) is 0 Å². The van der Waals surface area contributed by atoms with Gasteiger partial charge >= 0.3 is 6.09 Å². The van der Waals surface area contributed by atoms with Gasteiger partial charge in [-0.2, -0.15) is 0 Å². The second-order valence-corrected chi connectivity index (χ2v) is 5.07. The van der Waals surface area contributed by atoms with Crippen LogP contribution in [0.2, 0.25) is 0 Å². The van der Waals surface area contributed by atoms with E-state index in [4.69, 9.17) is 4.74 Å². The highest BCUT2D eigenvalue weighted by atomic mass is 16.5. The van der Waals surface area contributed by atoms with E-state index >= 15 is 0 Å². The summed E-state index contributed by atoms with van der Waals surface area (Å²) < 4.78 is 4.81. The van der Waals surface area contributed by atoms with E-state index in [-0.39, 0.29) is 6.09 Å². The fraction of sp³-hybridized carbons (Fsp3) is 0.400. The zero-order valence-corrected chi connectivity index (χ0v) is 11.1. The average Bonchev–Trinajstić information content (AvgIpc) is 2.90. The van der Waals surface area contributed by atoms with Crippen molar-refractivity contribution in [3.8, 4) is 0 Å². The molecule has 1 unspecified atom stereocenters. The van der Waals surface area contributed by atoms with E-state index in [1.165, 1.54) is 18.2 Å². The molecular formula is C15H18N2O2. The van der Waals surface area contributed by atoms with Crippen molar-refractivity contribution in [2.75, 3.05) is 20.2 Å². The van der Waals surface area contributed by atoms with Gasteiger partial charge in [-0.3, -0.25) is 0 Å². The molecule has 100 valence electrons. The minimum absolute atomic E-state index is 0.221. The molecule has 1 atom stereocenters. The first-order valence-corrected chi connectivity index (χ1v) is 6.68. The Morgan fingerprint density at radius 2 is 2.26 bits per heavy atom. The Labute approximate surface area is 112 Å². The fourth-order valence-corrected chi connectivity index (χ4v) is 2.84. The van der Waals surface area contributed by atoms with Gasteiger partial charge < -0.3 is 14.6 Å². The number of amides is 1. The number of para-hydroxylation sites is 1. The van der Waals surface area contributed by atoms with Gasteiger partial charge in [0.25, 0.3) is 0 Å². The number of likely N-dealkylation sites (tertiary alicyclic amines) is 1. The van der Waals surface area contributed by atoms with Crippen LogP contribution >= 0.6 is 0 Å². The standard InChI is InChI=1S/C15H18N2O2/c1-19-15(18)17-8-4-6-12(10-17)14-9-11-5-2-3-7-13(11)16-14/h2-3,5,7,9,12,16H,4,6,8,10H2,1H3. The van der Waals surface area contributed by atoms with E-state index in [2.05, 4.69) is 23.2 Å². The molecule has 2 heterocycles. The van der Waals surface area contributed by atoms with Gasteiger partial charge in [0, 0.05) is 30.2 Å². The highest BCUT2D eigenvalue weighted by molar-refractivity contribution is 5.80. The summed E-state index contributed by atoms with van der Waals surface area (Å²) in [4.78, 5) is 16.9. The number of carbonyl (C=O) groups excluding carboxylic acids is 1. The van der Waals surface area contributed by atoms with Crippen molar-refractivity contribution in [1.29, 1.82) is 0 Å². The largest absolute Gasteiger partial charge is 0.453 e. The molecule has 1 aromatic carbocycles. The number of aromatic amines is 1. The maximum Gasteiger partial charge on any atom is 0.409 e. The number of ether oxygens (including phenoxy) is 1. The normalized spacial score (nSPS) is 19.6. The maximum absolute atomic E-state index is 11.6. The van der Waals surface area contributed by atoms with Crippen LogP contribution in [0.4, 0.5) is 4.79 Å². The van der Waals surface area contributed by atoms with Gasteiger partial charge in [-0.1, -0.05) is 18.2 Å². The van der Waals surface area contributed by atoms with Crippen LogP contribution in [-0.4, -0.2) is 36.2 Å². The Morgan fingerprint density at radius 3 is 3.05 bits per heavy atom. The third-order valence-electron chi connectivity index (χ3n) is 3.84. The van der Waals surface area contributed by atoms with Gasteiger partial charge in [0.1, 0.15) is 0 Å². The fourth-order valence-electron chi connectivity index (χ4n) is 2.84. The lowest BCUT2D eigenvalue weighted by molar-refractivity contribution is 0.110. The van der Waals surface area contributed by atoms with Crippen LogP contribution in [0.5, 0.6) is 0 Å². The van der Waals surface area contributed by atoms with Gasteiger partial charge in [-0.15, -0.1) is 0 Å². The van der Waals surface area contributed by atoms with E-state index in [0.29, 0.717) is 5.92 Å². The number of carbonyl (C=O) groups is 1. The topological polar surface area (TPSA) is 45.3 Å². The molecule has 0 radical (unpaired) electrons. The monoisotopic (exact) mass is 258 g/mol. The lowest BCUT2D eigenvalue weighted by Gasteiger charge is -2.31. The highest BCUT2D eigenvalue weighted by Crippen LogP contribution is 2.29. The molecule has 19 heavy (non-hydrogen) atoms. The number of hydrogen-bond donors (Lipinski definition) is 1. The van der Waals surface area contributed by atoms with Gasteiger partial charge in [0.05, 0.1) is 7.11 Å². The maximum atomic E-state index is 11.6. The summed E-state index contributed by atoms with van der Waals surface area (Å²) in [5.41, 5.74) is 2.38. The van der Waals surface area contributed by atoms with Gasteiger partial charge in [-0.05, 0) is 30.4 Å². The molecule has 1 aliphatic rings. The molecule has 1 aliphatic heterocycles. The van der Waals surface area contributed by atoms with E-state index in [9.17, 15) is 4.79 Å². The minimum atomic E-state index is -0.221. The Hall–Kier alpha value is -1.97. The van der Waals surface area contributed by atoms with Gasteiger partial charge in [0.15, 0.2) is 0 Å². The molecule has 3 rings (SSSR count). The second kappa shape index (κ2) is 4.96. The van der Waals surface area contributed by atoms with E-state index in [1.54, 1.807) is 4.90 Å². The summed E-state index contributed by atoms with van der Waals surface area (Å²) in [7, 11) is 1.44. The Balaban J connectivity index is 1.83. The number of methoxy groups -OCH3 is 1. The molecule has 4 heteroatoms. The summed E-state index contributed by atoms with van der Waals surface area (Å²) in [6.07, 6.45) is 1.91. The van der Waals surface area contributed by atoms with Crippen LogP contribution in [-0.2, 0) is 4.74 Å². The quantitative estimate of drug-likeness (QED) is 0.854. The molecule has 1 aromatic heterocycles. The Morgan fingerprint density at radius 1 is 1.42 bits per heavy atom. The molecule has 0 bridgehead atoms. The number of nitrogens with zero attached hydrogens (tertiary/aromatic N) is 1. The van der Waals surface area contributed by atoms with Crippen LogP contribution in [0, 0.1) is 0 Å². The third kappa shape index (κ3) is 2.30. The van der Waals surface area contributed by atoms with Gasteiger partial charge in [-0.25, -0.2) is 4.79 Å². The molecule has 0 spiro atoms. The molecule has 0 saturated carbocycles. The third-order valence-corrected chi connectivity index (χ3v) is 3.84. The first-order chi connectivity index (χ1) is 9.28. The van der Waals surface area contributed by atoms with Gasteiger partial charge in [0.2, 0.25) is 0 Å². The van der Waals surface area contributed by atoms with Crippen molar-refractivity contribution in [1.82, 2.24) is 9.88 Å². The Kier molecular flexibility index (Phi) is 3.15.